The summed E-state index contributed by atoms with van der Waals surface area (Å²) in [5.74, 6) is 0.361. The number of ether oxygens (including phenoxy) is 2. The monoisotopic (exact) mass is 305 g/mol. The maximum Gasteiger partial charge on any atom is 0.269 e. The van der Waals surface area contributed by atoms with E-state index < -0.39 is 0 Å². The van der Waals surface area contributed by atoms with E-state index in [1.165, 1.54) is 0 Å². The van der Waals surface area contributed by atoms with Crippen LogP contribution >= 0.6 is 0 Å². The van der Waals surface area contributed by atoms with Gasteiger partial charge in [0.25, 0.3) is 5.91 Å². The number of nitrogens with zero attached hydrogens (tertiary/aromatic N) is 2. The first-order valence-corrected chi connectivity index (χ1v) is 7.93. The van der Waals surface area contributed by atoms with Crippen molar-refractivity contribution in [2.75, 3.05) is 46.1 Å². The van der Waals surface area contributed by atoms with Gasteiger partial charge in [-0.3, -0.25) is 14.7 Å². The first kappa shape index (κ1) is 15.4. The number of nitrogens with one attached hydrogen (secondary N) is 1. The molecule has 2 saturated heterocycles. The summed E-state index contributed by atoms with van der Waals surface area (Å²) in [6, 6.07) is 5.67. The first-order valence-electron chi connectivity index (χ1n) is 7.93. The average Bonchev–Trinajstić information content (AvgIpc) is 3.11. The Morgan fingerprint density at radius 3 is 2.86 bits per heavy atom. The van der Waals surface area contributed by atoms with Gasteiger partial charge in [-0.2, -0.15) is 0 Å². The van der Waals surface area contributed by atoms with Crippen LogP contribution in [-0.4, -0.2) is 67.9 Å². The summed E-state index contributed by atoms with van der Waals surface area (Å²) in [7, 11) is 0. The Bertz CT molecular complexity index is 471. The molecule has 0 unspecified atom stereocenters. The van der Waals surface area contributed by atoms with E-state index in [0.717, 1.165) is 45.9 Å². The van der Waals surface area contributed by atoms with Crippen LogP contribution in [-0.2, 0) is 9.47 Å². The van der Waals surface area contributed by atoms with Gasteiger partial charge >= 0.3 is 0 Å². The molecule has 2 aliphatic rings. The number of pyridine rings is 1. The van der Waals surface area contributed by atoms with Gasteiger partial charge in [-0.15, -0.1) is 0 Å². The molecule has 3 heterocycles. The molecule has 0 bridgehead atoms. The normalized spacial score (nSPS) is 24.1. The van der Waals surface area contributed by atoms with Crippen molar-refractivity contribution < 1.29 is 14.3 Å². The van der Waals surface area contributed by atoms with Gasteiger partial charge in [-0.05, 0) is 18.6 Å². The van der Waals surface area contributed by atoms with E-state index in [-0.39, 0.29) is 5.91 Å². The van der Waals surface area contributed by atoms with E-state index in [1.807, 2.05) is 12.1 Å². The Kier molecular flexibility index (Phi) is 5.37. The lowest BCUT2D eigenvalue weighted by Gasteiger charge is -2.37. The minimum atomic E-state index is -0.113. The molecule has 1 aromatic heterocycles. The highest BCUT2D eigenvalue weighted by Crippen LogP contribution is 2.21. The number of rotatable bonds is 5. The zero-order chi connectivity index (χ0) is 15.2. The van der Waals surface area contributed by atoms with Crippen molar-refractivity contribution in [1.82, 2.24) is 15.2 Å². The predicted octanol–water partition coefficient (Wildman–Crippen LogP) is 0.549. The van der Waals surface area contributed by atoms with Gasteiger partial charge in [0.2, 0.25) is 0 Å². The maximum atomic E-state index is 12.2. The molecular formula is C16H23N3O3. The van der Waals surface area contributed by atoms with Gasteiger partial charge in [-0.25, -0.2) is 0 Å². The third kappa shape index (κ3) is 3.82. The topological polar surface area (TPSA) is 63.7 Å². The van der Waals surface area contributed by atoms with E-state index in [1.54, 1.807) is 12.3 Å². The van der Waals surface area contributed by atoms with Crippen LogP contribution in [0.15, 0.2) is 24.4 Å². The zero-order valence-electron chi connectivity index (χ0n) is 12.7. The lowest BCUT2D eigenvalue weighted by atomic mass is 9.97. The van der Waals surface area contributed by atoms with Crippen molar-refractivity contribution in [3.05, 3.63) is 30.1 Å². The first-order chi connectivity index (χ1) is 10.8. The second-order valence-electron chi connectivity index (χ2n) is 5.76. The molecule has 6 heteroatoms. The van der Waals surface area contributed by atoms with Gasteiger partial charge in [0.1, 0.15) is 5.69 Å². The van der Waals surface area contributed by atoms with Gasteiger partial charge in [0.05, 0.1) is 19.8 Å². The highest BCUT2D eigenvalue weighted by Gasteiger charge is 2.31. The molecule has 3 rings (SSSR count). The van der Waals surface area contributed by atoms with Gasteiger partial charge in [-0.1, -0.05) is 6.07 Å². The molecular weight excluding hydrogens is 282 g/mol. The molecule has 2 atom stereocenters. The molecule has 0 aromatic carbocycles. The van der Waals surface area contributed by atoms with E-state index in [2.05, 4.69) is 15.2 Å². The molecule has 0 spiro atoms. The highest BCUT2D eigenvalue weighted by molar-refractivity contribution is 5.92. The molecule has 22 heavy (non-hydrogen) atoms. The van der Waals surface area contributed by atoms with Crippen molar-refractivity contribution in [3.63, 3.8) is 0 Å². The second-order valence-corrected chi connectivity index (χ2v) is 5.76. The lowest BCUT2D eigenvalue weighted by molar-refractivity contribution is 0.00165. The van der Waals surface area contributed by atoms with Gasteiger partial charge in [0, 0.05) is 44.4 Å². The fourth-order valence-corrected chi connectivity index (χ4v) is 3.14. The average molecular weight is 305 g/mol. The van der Waals surface area contributed by atoms with Crippen molar-refractivity contribution in [2.45, 2.75) is 12.5 Å². The fourth-order valence-electron chi connectivity index (χ4n) is 3.14. The summed E-state index contributed by atoms with van der Waals surface area (Å²) in [6.07, 6.45) is 2.70. The summed E-state index contributed by atoms with van der Waals surface area (Å²) in [6.45, 7) is 5.59. The molecule has 1 N–H and O–H groups in total. The third-order valence-corrected chi connectivity index (χ3v) is 4.39. The molecule has 2 aliphatic heterocycles. The van der Waals surface area contributed by atoms with Crippen LogP contribution in [0.5, 0.6) is 0 Å². The molecule has 0 saturated carbocycles. The number of aromatic nitrogens is 1. The van der Waals surface area contributed by atoms with Crippen molar-refractivity contribution in [2.24, 2.45) is 5.92 Å². The van der Waals surface area contributed by atoms with Gasteiger partial charge in [0.15, 0.2) is 0 Å². The molecule has 1 amide bonds. The third-order valence-electron chi connectivity index (χ3n) is 4.39. The van der Waals surface area contributed by atoms with Crippen LogP contribution in [0.2, 0.25) is 0 Å². The van der Waals surface area contributed by atoms with Crippen molar-refractivity contribution in [3.8, 4) is 0 Å². The number of morpholine rings is 1. The highest BCUT2D eigenvalue weighted by atomic mass is 16.5. The quantitative estimate of drug-likeness (QED) is 0.861. The Morgan fingerprint density at radius 1 is 1.32 bits per heavy atom. The van der Waals surface area contributed by atoms with Crippen LogP contribution in [0, 0.1) is 5.92 Å². The number of hydrogen-bond acceptors (Lipinski definition) is 5. The molecule has 120 valence electrons. The molecule has 0 aliphatic carbocycles. The standard InChI is InChI=1S/C16H23N3O3/c20-16(14-3-1-2-5-17-14)18-11-15(13-4-8-22-12-13)19-6-9-21-10-7-19/h1-3,5,13,15H,4,6-12H2,(H,18,20)/t13-,15-/m0/s1. The number of hydrogen-bond donors (Lipinski definition) is 1. The maximum absolute atomic E-state index is 12.2. The second kappa shape index (κ2) is 7.67. The van der Waals surface area contributed by atoms with Crippen molar-refractivity contribution >= 4 is 5.91 Å². The van der Waals surface area contributed by atoms with E-state index in [9.17, 15) is 4.79 Å². The van der Waals surface area contributed by atoms with Crippen LogP contribution in [0.4, 0.5) is 0 Å². The summed E-state index contributed by atoms with van der Waals surface area (Å²) >= 11 is 0. The predicted molar refractivity (Wildman–Crippen MR) is 81.7 cm³/mol. The van der Waals surface area contributed by atoms with E-state index in [0.29, 0.717) is 24.2 Å². The number of amides is 1. The summed E-state index contributed by atoms with van der Waals surface area (Å²) in [5, 5.41) is 3.03. The fraction of sp³-hybridized carbons (Fsp3) is 0.625. The van der Waals surface area contributed by atoms with Gasteiger partial charge < -0.3 is 14.8 Å². The minimum Gasteiger partial charge on any atom is -0.381 e. The number of carbonyl (C=O) groups excluding carboxylic acids is 1. The zero-order valence-corrected chi connectivity index (χ0v) is 12.7. The largest absolute Gasteiger partial charge is 0.381 e. The molecule has 0 radical (unpaired) electrons. The minimum absolute atomic E-state index is 0.113. The smallest absolute Gasteiger partial charge is 0.269 e. The van der Waals surface area contributed by atoms with Crippen LogP contribution in [0.1, 0.15) is 16.9 Å². The Morgan fingerprint density at radius 2 is 2.18 bits per heavy atom. The van der Waals surface area contributed by atoms with E-state index in [4.69, 9.17) is 9.47 Å². The Hall–Kier alpha value is -1.50. The van der Waals surface area contributed by atoms with Crippen LogP contribution < -0.4 is 5.32 Å². The van der Waals surface area contributed by atoms with Crippen molar-refractivity contribution in [1.29, 1.82) is 0 Å². The Balaban J connectivity index is 1.60. The van der Waals surface area contributed by atoms with Crippen LogP contribution in [0.25, 0.3) is 0 Å². The summed E-state index contributed by atoms with van der Waals surface area (Å²) in [4.78, 5) is 18.7. The molecule has 6 nitrogen and oxygen atoms in total. The lowest BCUT2D eigenvalue weighted by Crippen LogP contribution is -2.52. The summed E-state index contributed by atoms with van der Waals surface area (Å²) in [5.41, 5.74) is 0.464. The summed E-state index contributed by atoms with van der Waals surface area (Å²) < 4.78 is 11.0. The van der Waals surface area contributed by atoms with Crippen LogP contribution in [0.3, 0.4) is 0 Å². The molecule has 1 aromatic rings. The Labute approximate surface area is 130 Å². The number of carbonyl (C=O) groups is 1. The van der Waals surface area contributed by atoms with E-state index >= 15 is 0 Å². The molecule has 2 fully saturated rings. The SMILES string of the molecule is O=C(NC[C@@H]([C@H]1CCOC1)N1CCOCC1)c1ccccn1.